The van der Waals surface area contributed by atoms with Crippen LogP contribution in [0, 0.1) is 17.8 Å². The highest BCUT2D eigenvalue weighted by molar-refractivity contribution is 6.31. The molecule has 1 saturated heterocycles. The number of hydrogen-bond acceptors (Lipinski definition) is 5. The lowest BCUT2D eigenvalue weighted by molar-refractivity contribution is -0.141. The monoisotopic (exact) mass is 421 g/mol. The van der Waals surface area contributed by atoms with E-state index in [2.05, 4.69) is 11.2 Å². The van der Waals surface area contributed by atoms with Crippen LogP contribution in [0.2, 0.25) is 5.02 Å². The summed E-state index contributed by atoms with van der Waals surface area (Å²) in [7, 11) is 0. The molecule has 1 aromatic carbocycles. The third kappa shape index (κ3) is 5.49. The molecule has 0 radical (unpaired) electrons. The minimum Gasteiger partial charge on any atom is -0.396 e. The first-order chi connectivity index (χ1) is 13.6. The molecule has 5 N–H and O–H groups in total. The Morgan fingerprint density at radius 2 is 2.17 bits per heavy atom. The van der Waals surface area contributed by atoms with E-state index in [0.717, 1.165) is 0 Å². The Morgan fingerprint density at radius 3 is 2.76 bits per heavy atom. The number of aliphatic hydroxyl groups excluding tert-OH is 2. The van der Waals surface area contributed by atoms with Crippen LogP contribution in [-0.2, 0) is 16.1 Å². The lowest BCUT2D eigenvalue weighted by Gasteiger charge is -2.34. The van der Waals surface area contributed by atoms with Gasteiger partial charge < -0.3 is 26.2 Å². The summed E-state index contributed by atoms with van der Waals surface area (Å²) in [6.45, 7) is 3.68. The lowest BCUT2D eigenvalue weighted by atomic mass is 9.81. The van der Waals surface area contributed by atoms with E-state index >= 15 is 0 Å². The summed E-state index contributed by atoms with van der Waals surface area (Å²) in [6.07, 6.45) is 5.02. The fraction of sp³-hybridized carbons (Fsp3) is 0.524. The Balaban J connectivity index is 2.08. The molecule has 158 valence electrons. The van der Waals surface area contributed by atoms with Crippen LogP contribution in [0.5, 0.6) is 0 Å². The highest BCUT2D eigenvalue weighted by atomic mass is 35.5. The smallest absolute Gasteiger partial charge is 0.243 e. The first-order valence-electron chi connectivity index (χ1n) is 9.48. The molecule has 0 spiro atoms. The Morgan fingerprint density at radius 1 is 1.48 bits per heavy atom. The van der Waals surface area contributed by atoms with Crippen LogP contribution in [0.1, 0.15) is 37.8 Å². The molecule has 8 heteroatoms. The zero-order chi connectivity index (χ0) is 21.8. The van der Waals surface area contributed by atoms with Crippen molar-refractivity contribution >= 4 is 23.4 Å². The number of halogens is 1. The average molecular weight is 422 g/mol. The SMILES string of the molecule is C#Cc1ccc(CNC(=O)[C@@H]2C[C@@H](O)CN2C(=O)[C@@H](N)C(C)(C)CCO)c(Cl)c1. The number of nitrogens with zero attached hydrogens (tertiary/aromatic N) is 1. The predicted molar refractivity (Wildman–Crippen MR) is 111 cm³/mol. The number of nitrogens with one attached hydrogen (secondary N) is 1. The number of likely N-dealkylation sites (tertiary alicyclic amines) is 1. The van der Waals surface area contributed by atoms with Crippen LogP contribution in [-0.4, -0.2) is 58.3 Å². The maximum atomic E-state index is 12.9. The normalized spacial score (nSPS) is 20.2. The van der Waals surface area contributed by atoms with Gasteiger partial charge in [-0.3, -0.25) is 9.59 Å². The molecule has 0 aromatic heterocycles. The number of benzene rings is 1. The van der Waals surface area contributed by atoms with Crippen molar-refractivity contribution in [1.29, 1.82) is 0 Å². The van der Waals surface area contributed by atoms with Crippen molar-refractivity contribution in [2.45, 2.75) is 51.4 Å². The van der Waals surface area contributed by atoms with Crippen LogP contribution in [0.3, 0.4) is 0 Å². The van der Waals surface area contributed by atoms with Crippen molar-refractivity contribution in [3.8, 4) is 12.3 Å². The van der Waals surface area contributed by atoms with Gasteiger partial charge in [0.25, 0.3) is 0 Å². The number of carbonyl (C=O) groups excluding carboxylic acids is 2. The summed E-state index contributed by atoms with van der Waals surface area (Å²) in [5.74, 6) is 1.68. The number of amides is 2. The number of hydrogen-bond donors (Lipinski definition) is 4. The van der Waals surface area contributed by atoms with Gasteiger partial charge in [0, 0.05) is 36.7 Å². The molecule has 1 fully saturated rings. The van der Waals surface area contributed by atoms with Gasteiger partial charge in [-0.25, -0.2) is 0 Å². The molecule has 2 amide bonds. The second-order valence-corrected chi connectivity index (χ2v) is 8.41. The minimum absolute atomic E-state index is 0.0391. The fourth-order valence-corrected chi connectivity index (χ4v) is 3.59. The number of β-amino-alcohol motifs (C(OH)–C–C–N with tert-alkyl or cyclic N) is 1. The number of terminal acetylenes is 1. The molecular formula is C21H28ClN3O4. The first kappa shape index (κ1) is 23.2. The quantitative estimate of drug-likeness (QED) is 0.482. The molecule has 0 bridgehead atoms. The molecule has 1 aliphatic heterocycles. The Labute approximate surface area is 176 Å². The van der Waals surface area contributed by atoms with Gasteiger partial charge in [-0.05, 0) is 29.5 Å². The molecule has 2 rings (SSSR count). The molecule has 7 nitrogen and oxygen atoms in total. The summed E-state index contributed by atoms with van der Waals surface area (Å²) in [5, 5.41) is 22.5. The molecular weight excluding hydrogens is 394 g/mol. The fourth-order valence-electron chi connectivity index (χ4n) is 3.34. The highest BCUT2D eigenvalue weighted by Crippen LogP contribution is 2.28. The van der Waals surface area contributed by atoms with Crippen molar-refractivity contribution in [3.63, 3.8) is 0 Å². The number of nitrogens with two attached hydrogens (primary N) is 1. The molecule has 29 heavy (non-hydrogen) atoms. The Bertz CT molecular complexity index is 806. The maximum absolute atomic E-state index is 12.9. The van der Waals surface area contributed by atoms with Crippen molar-refractivity contribution in [3.05, 3.63) is 34.3 Å². The van der Waals surface area contributed by atoms with Crippen molar-refractivity contribution in [2.75, 3.05) is 13.2 Å². The van der Waals surface area contributed by atoms with Gasteiger partial charge in [0.2, 0.25) is 11.8 Å². The summed E-state index contributed by atoms with van der Waals surface area (Å²) in [4.78, 5) is 27.0. The summed E-state index contributed by atoms with van der Waals surface area (Å²) >= 11 is 6.19. The third-order valence-corrected chi connectivity index (χ3v) is 5.75. The van der Waals surface area contributed by atoms with Gasteiger partial charge in [-0.1, -0.05) is 37.4 Å². The molecule has 1 aromatic rings. The van der Waals surface area contributed by atoms with Crippen LogP contribution in [0.4, 0.5) is 0 Å². The summed E-state index contributed by atoms with van der Waals surface area (Å²) in [6, 6.07) is 3.38. The van der Waals surface area contributed by atoms with E-state index in [4.69, 9.17) is 23.8 Å². The number of carbonyl (C=O) groups is 2. The highest BCUT2D eigenvalue weighted by Gasteiger charge is 2.43. The molecule has 1 heterocycles. The van der Waals surface area contributed by atoms with E-state index in [0.29, 0.717) is 22.6 Å². The van der Waals surface area contributed by atoms with Gasteiger partial charge in [-0.2, -0.15) is 0 Å². The Kier molecular flexibility index (Phi) is 7.66. The maximum Gasteiger partial charge on any atom is 0.243 e. The largest absolute Gasteiger partial charge is 0.396 e. The molecule has 1 aliphatic rings. The topological polar surface area (TPSA) is 116 Å². The summed E-state index contributed by atoms with van der Waals surface area (Å²) < 4.78 is 0. The third-order valence-electron chi connectivity index (χ3n) is 5.40. The summed E-state index contributed by atoms with van der Waals surface area (Å²) in [5.41, 5.74) is 6.82. The molecule has 3 atom stereocenters. The van der Waals surface area contributed by atoms with E-state index < -0.39 is 29.5 Å². The van der Waals surface area contributed by atoms with Crippen molar-refractivity contribution in [1.82, 2.24) is 10.2 Å². The van der Waals surface area contributed by atoms with Gasteiger partial charge in [-0.15, -0.1) is 6.42 Å². The first-order valence-corrected chi connectivity index (χ1v) is 9.86. The molecule has 0 saturated carbocycles. The van der Waals surface area contributed by atoms with Crippen LogP contribution in [0.15, 0.2) is 18.2 Å². The van der Waals surface area contributed by atoms with Crippen LogP contribution < -0.4 is 11.1 Å². The van der Waals surface area contributed by atoms with E-state index in [1.165, 1.54) is 4.90 Å². The lowest BCUT2D eigenvalue weighted by Crippen LogP contribution is -2.55. The molecule has 0 aliphatic carbocycles. The van der Waals surface area contributed by atoms with Crippen LogP contribution >= 0.6 is 11.6 Å². The van der Waals surface area contributed by atoms with Crippen LogP contribution in [0.25, 0.3) is 0 Å². The van der Waals surface area contributed by atoms with Gasteiger partial charge in [0.1, 0.15) is 6.04 Å². The average Bonchev–Trinajstić information content (AvgIpc) is 3.07. The van der Waals surface area contributed by atoms with Gasteiger partial charge in [0.15, 0.2) is 0 Å². The van der Waals surface area contributed by atoms with E-state index in [9.17, 15) is 19.8 Å². The van der Waals surface area contributed by atoms with Crippen molar-refractivity contribution in [2.24, 2.45) is 11.1 Å². The number of rotatable bonds is 7. The standard InChI is InChI=1S/C21H28ClN3O4/c1-4-13-5-6-14(16(22)9-13)11-24-19(28)17-10-15(27)12-25(17)20(29)18(23)21(2,3)7-8-26/h1,5-6,9,15,17-18,26-27H,7-8,10-12,23H2,2-3H3,(H,24,28)/t15-,17+,18-/m1/s1. The predicted octanol–water partition coefficient (Wildman–Crippen LogP) is 0.635. The second kappa shape index (κ2) is 9.59. The van der Waals surface area contributed by atoms with Gasteiger partial charge in [0.05, 0.1) is 12.1 Å². The Hall–Kier alpha value is -2.11. The second-order valence-electron chi connectivity index (χ2n) is 8.00. The van der Waals surface area contributed by atoms with Gasteiger partial charge >= 0.3 is 0 Å². The molecule has 0 unspecified atom stereocenters. The zero-order valence-electron chi connectivity index (χ0n) is 16.7. The number of aliphatic hydroxyl groups is 2. The van der Waals surface area contributed by atoms with E-state index in [-0.39, 0.29) is 32.0 Å². The minimum atomic E-state index is -0.902. The van der Waals surface area contributed by atoms with E-state index in [1.807, 2.05) is 0 Å². The van der Waals surface area contributed by atoms with Crippen molar-refractivity contribution < 1.29 is 19.8 Å². The van der Waals surface area contributed by atoms with E-state index in [1.54, 1.807) is 32.0 Å². The zero-order valence-corrected chi connectivity index (χ0v) is 17.4.